The highest BCUT2D eigenvalue weighted by molar-refractivity contribution is 7.95. The Morgan fingerprint density at radius 3 is 2.45 bits per heavy atom. The van der Waals surface area contributed by atoms with Gasteiger partial charge in [0.2, 0.25) is 10.0 Å². The molecule has 0 bridgehead atoms. The first kappa shape index (κ1) is 23.7. The third-order valence-corrected chi connectivity index (χ3v) is 10.2. The van der Waals surface area contributed by atoms with Gasteiger partial charge in [-0.2, -0.15) is 0 Å². The van der Waals surface area contributed by atoms with E-state index in [1.807, 2.05) is 0 Å². The van der Waals surface area contributed by atoms with Crippen LogP contribution in [-0.4, -0.2) is 65.7 Å². The smallest absolute Gasteiger partial charge is 0.323 e. The highest BCUT2D eigenvalue weighted by Gasteiger charge is 2.44. The molecule has 1 aliphatic rings. The lowest BCUT2D eigenvalue weighted by Crippen LogP contribution is -2.47. The van der Waals surface area contributed by atoms with E-state index in [1.54, 1.807) is 11.8 Å². The molecule has 1 unspecified atom stereocenters. The normalized spacial score (nSPS) is 22.0. The average molecular weight is 469 g/mol. The molecule has 2 N–H and O–H groups in total. The summed E-state index contributed by atoms with van der Waals surface area (Å²) in [4.78, 5) is 25.9. The summed E-state index contributed by atoms with van der Waals surface area (Å²) < 4.78 is 58.3. The standard InChI is InChI=1S/C16H24N2O8S3/c1-5-18(12(15(20)26-4)8-13(19)25-3)11-6-9(2)28(21,22)16-10(11)7-14(27-16)29(17,23)24/h7,9,11-12H,5-6,8H2,1-4H3,(H2,17,23,24)/t9-,11-,12?/m0/s1. The second kappa shape index (κ2) is 8.68. The van der Waals surface area contributed by atoms with Gasteiger partial charge in [0.1, 0.15) is 14.5 Å². The Labute approximate surface area is 173 Å². The first-order valence-corrected chi connectivity index (χ1v) is 12.6. The molecule has 29 heavy (non-hydrogen) atoms. The first-order valence-electron chi connectivity index (χ1n) is 8.69. The number of esters is 2. The maximum Gasteiger partial charge on any atom is 0.323 e. The van der Waals surface area contributed by atoms with Crippen molar-refractivity contribution in [2.45, 2.75) is 52.4 Å². The Morgan fingerprint density at radius 2 is 1.97 bits per heavy atom. The third-order valence-electron chi connectivity index (χ3n) is 4.91. The molecule has 2 rings (SSSR count). The van der Waals surface area contributed by atoms with E-state index in [0.29, 0.717) is 11.3 Å². The van der Waals surface area contributed by atoms with Crippen LogP contribution >= 0.6 is 11.3 Å². The predicted molar refractivity (Wildman–Crippen MR) is 105 cm³/mol. The molecule has 1 aliphatic heterocycles. The van der Waals surface area contributed by atoms with Crippen molar-refractivity contribution >= 4 is 43.1 Å². The molecule has 0 radical (unpaired) electrons. The molecule has 2 heterocycles. The van der Waals surface area contributed by atoms with E-state index in [2.05, 4.69) is 4.74 Å². The number of hydrogen-bond donors (Lipinski definition) is 1. The molecule has 164 valence electrons. The quantitative estimate of drug-likeness (QED) is 0.562. The molecule has 0 amide bonds. The zero-order chi connectivity index (χ0) is 22.1. The Hall–Kier alpha value is -1.54. The number of fused-ring (bicyclic) bond motifs is 1. The fourth-order valence-electron chi connectivity index (χ4n) is 3.40. The molecular formula is C16H24N2O8S3. The van der Waals surface area contributed by atoms with Crippen molar-refractivity contribution in [1.29, 1.82) is 0 Å². The van der Waals surface area contributed by atoms with Gasteiger partial charge in [0, 0.05) is 11.6 Å². The van der Waals surface area contributed by atoms with Gasteiger partial charge in [0.25, 0.3) is 0 Å². The number of likely N-dealkylation sites (N-methyl/N-ethyl adjacent to an activating group) is 1. The summed E-state index contributed by atoms with van der Waals surface area (Å²) in [7, 11) is -5.49. The zero-order valence-electron chi connectivity index (χ0n) is 16.4. The summed E-state index contributed by atoms with van der Waals surface area (Å²) >= 11 is 0.593. The lowest BCUT2D eigenvalue weighted by atomic mass is 9.99. The van der Waals surface area contributed by atoms with Crippen LogP contribution in [0.15, 0.2) is 14.5 Å². The van der Waals surface area contributed by atoms with Crippen molar-refractivity contribution < 1.29 is 35.9 Å². The van der Waals surface area contributed by atoms with Crippen molar-refractivity contribution in [3.63, 3.8) is 0 Å². The molecule has 10 nitrogen and oxygen atoms in total. The topological polar surface area (TPSA) is 150 Å². The fraction of sp³-hybridized carbons (Fsp3) is 0.625. The van der Waals surface area contributed by atoms with Crippen LogP contribution in [0.3, 0.4) is 0 Å². The number of nitrogens with two attached hydrogens (primary N) is 1. The third kappa shape index (κ3) is 4.63. The summed E-state index contributed by atoms with van der Waals surface area (Å²) in [6, 6.07) is -0.423. The molecule has 0 aromatic carbocycles. The van der Waals surface area contributed by atoms with Crippen LogP contribution in [-0.2, 0) is 38.9 Å². The van der Waals surface area contributed by atoms with Crippen molar-refractivity contribution in [1.82, 2.24) is 4.90 Å². The van der Waals surface area contributed by atoms with Crippen LogP contribution in [0.1, 0.15) is 38.3 Å². The van der Waals surface area contributed by atoms with Crippen LogP contribution in [0.4, 0.5) is 0 Å². The SMILES string of the molecule is CCN(C(CC(=O)OC)C(=O)OC)[C@H]1C[C@H](C)S(=O)(=O)c2sc(S(N)(=O)=O)cc21. The van der Waals surface area contributed by atoms with Crippen LogP contribution in [0.5, 0.6) is 0 Å². The van der Waals surface area contributed by atoms with Gasteiger partial charge < -0.3 is 9.47 Å². The van der Waals surface area contributed by atoms with Gasteiger partial charge >= 0.3 is 11.9 Å². The highest BCUT2D eigenvalue weighted by atomic mass is 32.3. The van der Waals surface area contributed by atoms with Gasteiger partial charge in [0.15, 0.2) is 9.84 Å². The van der Waals surface area contributed by atoms with E-state index in [-0.39, 0.29) is 33.4 Å². The molecule has 3 atom stereocenters. The van der Waals surface area contributed by atoms with Gasteiger partial charge in [-0.15, -0.1) is 11.3 Å². The van der Waals surface area contributed by atoms with Crippen LogP contribution in [0.25, 0.3) is 0 Å². The largest absolute Gasteiger partial charge is 0.469 e. The lowest BCUT2D eigenvalue weighted by molar-refractivity contribution is -0.154. The molecule has 0 aliphatic carbocycles. The Balaban J connectivity index is 2.63. The van der Waals surface area contributed by atoms with Gasteiger partial charge in [-0.05, 0) is 26.0 Å². The van der Waals surface area contributed by atoms with E-state index >= 15 is 0 Å². The van der Waals surface area contributed by atoms with E-state index in [4.69, 9.17) is 9.88 Å². The maximum atomic E-state index is 12.8. The average Bonchev–Trinajstić information content (AvgIpc) is 3.11. The predicted octanol–water partition coefficient (Wildman–Crippen LogP) is 0.429. The van der Waals surface area contributed by atoms with Crippen LogP contribution < -0.4 is 5.14 Å². The van der Waals surface area contributed by atoms with Crippen molar-refractivity contribution in [2.75, 3.05) is 20.8 Å². The summed E-state index contributed by atoms with van der Waals surface area (Å²) in [6.45, 7) is 3.53. The number of thiophene rings is 1. The molecule has 0 saturated heterocycles. The van der Waals surface area contributed by atoms with Crippen LogP contribution in [0.2, 0.25) is 0 Å². The van der Waals surface area contributed by atoms with Crippen molar-refractivity contribution in [3.05, 3.63) is 11.6 Å². The monoisotopic (exact) mass is 468 g/mol. The first-order chi connectivity index (χ1) is 13.4. The molecule has 1 aromatic heterocycles. The number of primary sulfonamides is 1. The molecule has 0 spiro atoms. The second-order valence-corrected chi connectivity index (χ2v) is 12.0. The molecular weight excluding hydrogens is 444 g/mol. The number of carbonyl (C=O) groups excluding carboxylic acids is 2. The minimum absolute atomic E-state index is 0.0922. The van der Waals surface area contributed by atoms with Crippen molar-refractivity contribution in [2.24, 2.45) is 5.14 Å². The Bertz CT molecular complexity index is 999. The molecule has 13 heteroatoms. The number of carbonyl (C=O) groups is 2. The number of rotatable bonds is 7. The van der Waals surface area contributed by atoms with E-state index in [0.717, 1.165) is 0 Å². The minimum Gasteiger partial charge on any atom is -0.469 e. The Morgan fingerprint density at radius 1 is 1.34 bits per heavy atom. The van der Waals surface area contributed by atoms with Gasteiger partial charge in [0.05, 0.1) is 25.9 Å². The number of nitrogens with zero attached hydrogens (tertiary/aromatic N) is 1. The molecule has 1 aromatic rings. The summed E-state index contributed by atoms with van der Waals surface area (Å²) in [5.74, 6) is -1.31. The van der Waals surface area contributed by atoms with Gasteiger partial charge in [-0.3, -0.25) is 14.5 Å². The van der Waals surface area contributed by atoms with Crippen LogP contribution in [0, 0.1) is 0 Å². The van der Waals surface area contributed by atoms with E-state index < -0.39 is 49.1 Å². The number of sulfonamides is 1. The summed E-state index contributed by atoms with van der Waals surface area (Å²) in [5, 5.41) is 4.38. The minimum atomic E-state index is -4.11. The van der Waals surface area contributed by atoms with Gasteiger partial charge in [-0.1, -0.05) is 6.92 Å². The zero-order valence-corrected chi connectivity index (χ0v) is 18.9. The number of sulfone groups is 1. The summed E-state index contributed by atoms with van der Waals surface area (Å²) in [5.41, 5.74) is 0.248. The Kier molecular flexibility index (Phi) is 7.10. The maximum absolute atomic E-state index is 12.8. The fourth-order valence-corrected chi connectivity index (χ4v) is 7.79. The van der Waals surface area contributed by atoms with E-state index in [1.165, 1.54) is 27.2 Å². The van der Waals surface area contributed by atoms with Crippen molar-refractivity contribution in [3.8, 4) is 0 Å². The highest BCUT2D eigenvalue weighted by Crippen LogP contribution is 2.45. The number of methoxy groups -OCH3 is 2. The summed E-state index contributed by atoms with van der Waals surface area (Å²) in [6.07, 6.45) is -0.186. The number of hydrogen-bond acceptors (Lipinski definition) is 10. The molecule has 0 saturated carbocycles. The molecule has 0 fully saturated rings. The second-order valence-electron chi connectivity index (χ2n) is 6.61. The van der Waals surface area contributed by atoms with Gasteiger partial charge in [-0.25, -0.2) is 22.0 Å². The number of ether oxygens (including phenoxy) is 2. The lowest BCUT2D eigenvalue weighted by Gasteiger charge is -2.39. The van der Waals surface area contributed by atoms with E-state index in [9.17, 15) is 26.4 Å².